The SMILES string of the molecule is c1ccc(-c2nc(-c3ccc(-c4cc5ccc6cccc7c8cccc9ccc%10cccc(c(c4)c5c67)c%10c98)cc3)nc(-c3cccc4c3oc3ccccc34)n2)cc1. The highest BCUT2D eigenvalue weighted by Gasteiger charge is 2.19. The maximum absolute atomic E-state index is 6.44. The van der Waals surface area contributed by atoms with Crippen molar-refractivity contribution in [3.8, 4) is 45.3 Å². The van der Waals surface area contributed by atoms with Gasteiger partial charge in [0.05, 0.1) is 5.56 Å². The van der Waals surface area contributed by atoms with Gasteiger partial charge in [-0.3, -0.25) is 0 Å². The van der Waals surface area contributed by atoms with Crippen molar-refractivity contribution in [3.05, 3.63) is 188 Å². The molecule has 0 radical (unpaired) electrons. The van der Waals surface area contributed by atoms with Crippen molar-refractivity contribution in [3.63, 3.8) is 0 Å². The summed E-state index contributed by atoms with van der Waals surface area (Å²) < 4.78 is 6.44. The van der Waals surface area contributed by atoms with Gasteiger partial charge >= 0.3 is 0 Å². The van der Waals surface area contributed by atoms with E-state index < -0.39 is 0 Å². The van der Waals surface area contributed by atoms with Crippen LogP contribution in [0.4, 0.5) is 0 Å². The number of benzene rings is 10. The predicted molar refractivity (Wildman–Crippen MR) is 245 cm³/mol. The van der Waals surface area contributed by atoms with Crippen LogP contribution in [0.5, 0.6) is 0 Å². The van der Waals surface area contributed by atoms with Crippen LogP contribution < -0.4 is 0 Å². The lowest BCUT2D eigenvalue weighted by Crippen LogP contribution is -2.00. The molecule has 59 heavy (non-hydrogen) atoms. The molecule has 0 unspecified atom stereocenters. The van der Waals surface area contributed by atoms with Crippen molar-refractivity contribution >= 4 is 86.6 Å². The molecule has 11 aromatic carbocycles. The van der Waals surface area contributed by atoms with E-state index in [0.29, 0.717) is 17.5 Å². The van der Waals surface area contributed by atoms with E-state index in [1.165, 1.54) is 64.6 Å². The van der Waals surface area contributed by atoms with Crippen molar-refractivity contribution in [1.82, 2.24) is 15.0 Å². The summed E-state index contributed by atoms with van der Waals surface area (Å²) in [5.74, 6) is 1.79. The van der Waals surface area contributed by atoms with Crippen LogP contribution in [0, 0.1) is 0 Å². The summed E-state index contributed by atoms with van der Waals surface area (Å²) in [7, 11) is 0. The van der Waals surface area contributed by atoms with Gasteiger partial charge < -0.3 is 4.42 Å². The molecule has 2 aromatic heterocycles. The standard InChI is InChI=1S/C55H31N3O/c1-2-10-36(11-3-1)53-56-54(58-55(57-53)45-20-9-19-44-40-15-4-5-21-47(40)59-52(44)45)37-27-22-32(23-28-37)39-30-38-29-26-35-13-7-17-42-41-16-6-12-33-24-25-34-14-8-18-43(50(34)48(33)41)46(31-39)51(38)49(35)42/h1-31H. The Labute approximate surface area is 338 Å². The smallest absolute Gasteiger partial charge is 0.167 e. The quantitative estimate of drug-likeness (QED) is 0.168. The van der Waals surface area contributed by atoms with Crippen LogP contribution in [-0.2, 0) is 0 Å². The Bertz CT molecular complexity index is 3820. The maximum Gasteiger partial charge on any atom is 0.167 e. The van der Waals surface area contributed by atoms with Crippen LogP contribution >= 0.6 is 0 Å². The Kier molecular flexibility index (Phi) is 6.69. The van der Waals surface area contributed by atoms with E-state index in [1.807, 2.05) is 60.7 Å². The van der Waals surface area contributed by atoms with Gasteiger partial charge in [-0.25, -0.2) is 15.0 Å². The molecule has 2 heterocycles. The summed E-state index contributed by atoms with van der Waals surface area (Å²) in [6.45, 7) is 0. The number of hydrogen-bond acceptors (Lipinski definition) is 4. The van der Waals surface area contributed by atoms with Crippen molar-refractivity contribution in [1.29, 1.82) is 0 Å². The van der Waals surface area contributed by atoms with Crippen LogP contribution in [0.1, 0.15) is 0 Å². The van der Waals surface area contributed by atoms with Crippen LogP contribution in [0.2, 0.25) is 0 Å². The van der Waals surface area contributed by atoms with Crippen molar-refractivity contribution in [2.45, 2.75) is 0 Å². The monoisotopic (exact) mass is 749 g/mol. The van der Waals surface area contributed by atoms with Gasteiger partial charge in [-0.1, -0.05) is 164 Å². The second-order valence-corrected chi connectivity index (χ2v) is 15.5. The van der Waals surface area contributed by atoms with Crippen LogP contribution in [0.25, 0.3) is 132 Å². The molecule has 0 bridgehead atoms. The van der Waals surface area contributed by atoms with Crippen LogP contribution in [0.15, 0.2) is 192 Å². The Hall–Kier alpha value is -7.95. The minimum atomic E-state index is 0.570. The zero-order chi connectivity index (χ0) is 38.6. The summed E-state index contributed by atoms with van der Waals surface area (Å²) >= 11 is 0. The fourth-order valence-electron chi connectivity index (χ4n) is 9.53. The van der Waals surface area contributed by atoms with E-state index in [2.05, 4.69) is 127 Å². The first kappa shape index (κ1) is 32.2. The highest BCUT2D eigenvalue weighted by Crippen LogP contribution is 2.45. The second kappa shape index (κ2) is 12.3. The number of para-hydroxylation sites is 2. The van der Waals surface area contributed by atoms with Gasteiger partial charge in [0, 0.05) is 21.9 Å². The minimum Gasteiger partial charge on any atom is -0.455 e. The highest BCUT2D eigenvalue weighted by atomic mass is 16.3. The first-order valence-electron chi connectivity index (χ1n) is 20.0. The number of aromatic nitrogens is 3. The predicted octanol–water partition coefficient (Wildman–Crippen LogP) is 14.8. The third-order valence-electron chi connectivity index (χ3n) is 12.2. The van der Waals surface area contributed by atoms with E-state index in [0.717, 1.165) is 49.8 Å². The Morgan fingerprint density at radius 2 is 0.780 bits per heavy atom. The lowest BCUT2D eigenvalue weighted by molar-refractivity contribution is 0.669. The summed E-state index contributed by atoms with van der Waals surface area (Å²) in [5, 5.41) is 17.4. The molecule has 13 rings (SSSR count). The van der Waals surface area contributed by atoms with E-state index in [-0.39, 0.29) is 0 Å². The zero-order valence-electron chi connectivity index (χ0n) is 31.6. The van der Waals surface area contributed by atoms with Crippen molar-refractivity contribution in [2.24, 2.45) is 0 Å². The number of nitrogens with zero attached hydrogens (tertiary/aromatic N) is 3. The van der Waals surface area contributed by atoms with Gasteiger partial charge in [0.15, 0.2) is 17.5 Å². The topological polar surface area (TPSA) is 51.8 Å². The Morgan fingerprint density at radius 1 is 0.288 bits per heavy atom. The molecule has 272 valence electrons. The lowest BCUT2D eigenvalue weighted by Gasteiger charge is -2.17. The minimum absolute atomic E-state index is 0.570. The molecule has 0 aliphatic carbocycles. The maximum atomic E-state index is 6.44. The highest BCUT2D eigenvalue weighted by molar-refractivity contribution is 6.37. The fourth-order valence-corrected chi connectivity index (χ4v) is 9.53. The molecule has 4 nitrogen and oxygen atoms in total. The summed E-state index contributed by atoms with van der Waals surface area (Å²) in [6.07, 6.45) is 0. The fraction of sp³-hybridized carbons (Fsp3) is 0. The summed E-state index contributed by atoms with van der Waals surface area (Å²) in [6, 6.07) is 67.1. The third-order valence-corrected chi connectivity index (χ3v) is 12.2. The van der Waals surface area contributed by atoms with E-state index in [4.69, 9.17) is 19.4 Å². The van der Waals surface area contributed by atoms with Crippen LogP contribution in [-0.4, -0.2) is 15.0 Å². The summed E-state index contributed by atoms with van der Waals surface area (Å²) in [4.78, 5) is 15.2. The molecule has 0 saturated carbocycles. The molecule has 0 atom stereocenters. The molecule has 0 aliphatic heterocycles. The second-order valence-electron chi connectivity index (χ2n) is 15.5. The number of furan rings is 1. The molecule has 0 saturated heterocycles. The van der Waals surface area contributed by atoms with Gasteiger partial charge in [-0.15, -0.1) is 0 Å². The number of fused-ring (bicyclic) bond motifs is 5. The molecule has 0 aliphatic rings. The third kappa shape index (κ3) is 4.81. The average molecular weight is 750 g/mol. The Morgan fingerprint density at radius 3 is 1.46 bits per heavy atom. The largest absolute Gasteiger partial charge is 0.455 e. The molecule has 0 spiro atoms. The average Bonchev–Trinajstić information content (AvgIpc) is 3.69. The molecule has 0 N–H and O–H groups in total. The number of hydrogen-bond donors (Lipinski definition) is 0. The zero-order valence-corrected chi connectivity index (χ0v) is 31.6. The van der Waals surface area contributed by atoms with E-state index >= 15 is 0 Å². The van der Waals surface area contributed by atoms with Gasteiger partial charge in [-0.05, 0) is 100 Å². The number of rotatable bonds is 4. The van der Waals surface area contributed by atoms with Gasteiger partial charge in [-0.2, -0.15) is 0 Å². The lowest BCUT2D eigenvalue weighted by atomic mass is 9.86. The first-order valence-corrected chi connectivity index (χ1v) is 20.0. The van der Waals surface area contributed by atoms with Crippen molar-refractivity contribution < 1.29 is 4.42 Å². The van der Waals surface area contributed by atoms with Gasteiger partial charge in [0.1, 0.15) is 11.2 Å². The van der Waals surface area contributed by atoms with Gasteiger partial charge in [0.2, 0.25) is 0 Å². The van der Waals surface area contributed by atoms with E-state index in [1.54, 1.807) is 0 Å². The molecule has 13 aromatic rings. The van der Waals surface area contributed by atoms with E-state index in [9.17, 15) is 0 Å². The first-order chi connectivity index (χ1) is 29.2. The van der Waals surface area contributed by atoms with Gasteiger partial charge in [0.25, 0.3) is 0 Å². The molecular formula is C55H31N3O. The Balaban J connectivity index is 1.01. The molecule has 4 heteroatoms. The summed E-state index contributed by atoms with van der Waals surface area (Å²) in [5.41, 5.74) is 6.55. The van der Waals surface area contributed by atoms with Crippen LogP contribution in [0.3, 0.4) is 0 Å². The van der Waals surface area contributed by atoms with Crippen molar-refractivity contribution in [2.75, 3.05) is 0 Å². The molecular weight excluding hydrogens is 719 g/mol. The molecule has 0 amide bonds. The molecule has 0 fully saturated rings. The normalized spacial score (nSPS) is 12.1.